The van der Waals surface area contributed by atoms with Crippen LogP contribution in [-0.4, -0.2) is 45.7 Å². The Balaban J connectivity index is 1.26. The van der Waals surface area contributed by atoms with Crippen molar-refractivity contribution in [3.63, 3.8) is 0 Å². The van der Waals surface area contributed by atoms with E-state index in [9.17, 15) is 13.2 Å². The summed E-state index contributed by atoms with van der Waals surface area (Å²) in [5.74, 6) is 1.05. The van der Waals surface area contributed by atoms with E-state index in [-0.39, 0.29) is 11.2 Å². The van der Waals surface area contributed by atoms with E-state index in [1.165, 1.54) is 45.9 Å². The van der Waals surface area contributed by atoms with Crippen LogP contribution in [0.1, 0.15) is 37.8 Å². The van der Waals surface area contributed by atoms with Crippen LogP contribution in [0.5, 0.6) is 5.75 Å². The summed E-state index contributed by atoms with van der Waals surface area (Å²) in [6, 6.07) is 22.0. The van der Waals surface area contributed by atoms with Gasteiger partial charge in [0.05, 0.1) is 5.69 Å². The number of allylic oxidation sites excluding steroid dienone is 1. The van der Waals surface area contributed by atoms with Crippen LogP contribution in [0.15, 0.2) is 83.9 Å². The van der Waals surface area contributed by atoms with Crippen molar-refractivity contribution in [1.29, 1.82) is 0 Å². The summed E-state index contributed by atoms with van der Waals surface area (Å²) in [7, 11) is 3.74. The number of rotatable bonds is 10. The summed E-state index contributed by atoms with van der Waals surface area (Å²) in [6.07, 6.45) is -4.75. The normalized spacial score (nSPS) is 15.3. The first-order valence-electron chi connectivity index (χ1n) is 13.8. The molecular weight excluding hydrogens is 575 g/mol. The van der Waals surface area contributed by atoms with E-state index in [1.54, 1.807) is 18.8 Å². The zero-order chi connectivity index (χ0) is 30.7. The van der Waals surface area contributed by atoms with E-state index in [1.807, 2.05) is 31.3 Å². The molecule has 8 nitrogen and oxygen atoms in total. The Kier molecular flexibility index (Phi) is 9.00. The summed E-state index contributed by atoms with van der Waals surface area (Å²) in [5.41, 5.74) is 9.86. The zero-order valence-electron chi connectivity index (χ0n) is 24.6. The lowest BCUT2D eigenvalue weighted by molar-refractivity contribution is -0.274. The van der Waals surface area contributed by atoms with Crippen molar-refractivity contribution in [1.82, 2.24) is 25.2 Å². The van der Waals surface area contributed by atoms with E-state index in [4.69, 9.17) is 0 Å². The average molecular weight is 610 g/mol. The first kappa shape index (κ1) is 30.5. The summed E-state index contributed by atoms with van der Waals surface area (Å²) in [4.78, 5) is 6.92. The van der Waals surface area contributed by atoms with E-state index < -0.39 is 6.36 Å². The molecule has 43 heavy (non-hydrogen) atoms. The predicted octanol–water partition coefficient (Wildman–Crippen LogP) is 7.33. The minimum absolute atomic E-state index is 0.0337. The van der Waals surface area contributed by atoms with Gasteiger partial charge in [-0.25, -0.2) is 10.4 Å². The van der Waals surface area contributed by atoms with Gasteiger partial charge in [0, 0.05) is 37.6 Å². The Morgan fingerprint density at radius 3 is 2.37 bits per heavy atom. The fraction of sp³-hybridized carbons (Fsp3) is 0.290. The number of hydrazine groups is 1. The van der Waals surface area contributed by atoms with Gasteiger partial charge in [-0.3, -0.25) is 0 Å². The second kappa shape index (κ2) is 12.7. The van der Waals surface area contributed by atoms with Crippen LogP contribution in [0, 0.1) is 0 Å². The van der Waals surface area contributed by atoms with Crippen molar-refractivity contribution in [2.75, 3.05) is 24.3 Å². The number of nitrogens with zero attached hydrogens (tertiary/aromatic N) is 5. The van der Waals surface area contributed by atoms with Gasteiger partial charge in [0.2, 0.25) is 5.95 Å². The summed E-state index contributed by atoms with van der Waals surface area (Å²) < 4.78 is 43.1. The van der Waals surface area contributed by atoms with Crippen LogP contribution in [0.4, 0.5) is 24.8 Å². The van der Waals surface area contributed by atoms with Gasteiger partial charge in [-0.2, -0.15) is 9.67 Å². The van der Waals surface area contributed by atoms with Gasteiger partial charge in [-0.15, -0.1) is 18.3 Å². The standard InChI is InChI=1S/C31H34F3N7OS/c1-20(2)26-8-6-7-9-27(26)40-21(3)19-43-30(40)38-39(5)18-22-10-12-23(13-11-22)28-36-29(35-4)41(37-28)24-14-16-25(17-15-24)42-31(32,33)34/h6-17,19-20,30,38H,18H2,1-5H3,(H,35,36,37). The molecule has 0 bridgehead atoms. The third-order valence-electron chi connectivity index (χ3n) is 6.91. The number of para-hydroxylation sites is 1. The third kappa shape index (κ3) is 7.15. The largest absolute Gasteiger partial charge is 0.573 e. The van der Waals surface area contributed by atoms with E-state index in [0.717, 1.165) is 11.1 Å². The molecule has 0 saturated heterocycles. The molecule has 4 aromatic rings. The molecule has 3 aromatic carbocycles. The van der Waals surface area contributed by atoms with Gasteiger partial charge in [0.1, 0.15) is 11.2 Å². The Bertz CT molecular complexity index is 1570. The fourth-order valence-corrected chi connectivity index (χ4v) is 5.98. The highest BCUT2D eigenvalue weighted by atomic mass is 32.2. The maximum absolute atomic E-state index is 12.5. The van der Waals surface area contributed by atoms with E-state index >= 15 is 0 Å². The summed E-state index contributed by atoms with van der Waals surface area (Å²) in [6.45, 7) is 7.24. The van der Waals surface area contributed by atoms with Crippen LogP contribution in [0.25, 0.3) is 17.1 Å². The third-order valence-corrected chi connectivity index (χ3v) is 7.96. The smallest absolute Gasteiger partial charge is 0.406 e. The predicted molar refractivity (Wildman–Crippen MR) is 166 cm³/mol. The molecule has 1 aromatic heterocycles. The highest BCUT2D eigenvalue weighted by Gasteiger charge is 2.31. The molecule has 1 aliphatic rings. The monoisotopic (exact) mass is 609 g/mol. The van der Waals surface area contributed by atoms with Crippen molar-refractivity contribution in [2.45, 2.75) is 45.1 Å². The van der Waals surface area contributed by atoms with Crippen LogP contribution < -0.4 is 20.4 Å². The Morgan fingerprint density at radius 1 is 1.02 bits per heavy atom. The number of alkyl halides is 3. The van der Waals surface area contributed by atoms with Crippen molar-refractivity contribution >= 4 is 23.4 Å². The van der Waals surface area contributed by atoms with Crippen LogP contribution in [-0.2, 0) is 6.54 Å². The number of ether oxygens (including phenoxy) is 1. The second-order valence-corrected chi connectivity index (χ2v) is 11.4. The highest BCUT2D eigenvalue weighted by molar-refractivity contribution is 8.03. The average Bonchev–Trinajstić information content (AvgIpc) is 3.56. The molecule has 2 N–H and O–H groups in total. The SMILES string of the molecule is CNc1nc(-c2ccc(CN(C)NC3SC=C(C)N3c3ccccc3C(C)C)cc2)nn1-c1ccc(OC(F)(F)F)cc1. The molecule has 0 amide bonds. The van der Waals surface area contributed by atoms with Crippen molar-refractivity contribution < 1.29 is 17.9 Å². The summed E-state index contributed by atoms with van der Waals surface area (Å²) >= 11 is 1.75. The molecule has 226 valence electrons. The number of halogens is 3. The number of anilines is 2. The molecule has 0 aliphatic carbocycles. The fourth-order valence-electron chi connectivity index (χ4n) is 4.90. The number of benzene rings is 3. The van der Waals surface area contributed by atoms with Gasteiger partial charge in [0.25, 0.3) is 0 Å². The molecule has 1 aliphatic heterocycles. The quantitative estimate of drug-likeness (QED) is 0.181. The first-order chi connectivity index (χ1) is 20.5. The molecule has 0 radical (unpaired) electrons. The highest BCUT2D eigenvalue weighted by Crippen LogP contribution is 2.38. The lowest BCUT2D eigenvalue weighted by Gasteiger charge is -2.34. The molecule has 0 fully saturated rings. The van der Waals surface area contributed by atoms with Gasteiger partial charge >= 0.3 is 6.36 Å². The van der Waals surface area contributed by atoms with Gasteiger partial charge < -0.3 is 15.0 Å². The van der Waals surface area contributed by atoms with Crippen LogP contribution in [0.2, 0.25) is 0 Å². The lowest BCUT2D eigenvalue weighted by atomic mass is 10.0. The molecule has 0 saturated carbocycles. The second-order valence-electron chi connectivity index (χ2n) is 10.5. The Morgan fingerprint density at radius 2 is 1.72 bits per heavy atom. The Hall–Kier alpha value is -4.00. The zero-order valence-corrected chi connectivity index (χ0v) is 25.4. The molecule has 2 heterocycles. The minimum atomic E-state index is -4.75. The van der Waals surface area contributed by atoms with Crippen molar-refractivity contribution in [3.8, 4) is 22.8 Å². The lowest BCUT2D eigenvalue weighted by Crippen LogP contribution is -2.47. The Labute approximate surface area is 253 Å². The molecular formula is C31H34F3N7OS. The van der Waals surface area contributed by atoms with Crippen LogP contribution >= 0.6 is 11.8 Å². The van der Waals surface area contributed by atoms with Crippen LogP contribution in [0.3, 0.4) is 0 Å². The van der Waals surface area contributed by atoms with Gasteiger partial charge in [-0.05, 0) is 59.7 Å². The van der Waals surface area contributed by atoms with Crippen molar-refractivity contribution in [2.24, 2.45) is 0 Å². The number of nitrogens with one attached hydrogen (secondary N) is 2. The molecule has 0 spiro atoms. The topological polar surface area (TPSA) is 70.5 Å². The molecule has 1 unspecified atom stereocenters. The molecule has 12 heteroatoms. The number of hydrogen-bond acceptors (Lipinski definition) is 8. The van der Waals surface area contributed by atoms with E-state index in [0.29, 0.717) is 29.9 Å². The molecule has 5 rings (SSSR count). The number of thioether (sulfide) groups is 1. The summed E-state index contributed by atoms with van der Waals surface area (Å²) in [5, 5.41) is 11.9. The molecule has 1 atom stereocenters. The number of hydrogen-bond donors (Lipinski definition) is 2. The van der Waals surface area contributed by atoms with E-state index in [2.05, 4.69) is 85.9 Å². The van der Waals surface area contributed by atoms with Gasteiger partial charge in [-0.1, -0.05) is 68.1 Å². The maximum atomic E-state index is 12.5. The van der Waals surface area contributed by atoms with Gasteiger partial charge in [0.15, 0.2) is 5.82 Å². The maximum Gasteiger partial charge on any atom is 0.573 e. The first-order valence-corrected chi connectivity index (χ1v) is 14.7. The van der Waals surface area contributed by atoms with Crippen molar-refractivity contribution in [3.05, 3.63) is 95.0 Å². The number of aromatic nitrogens is 3. The minimum Gasteiger partial charge on any atom is -0.406 e.